The third-order valence-electron chi connectivity index (χ3n) is 2.66. The van der Waals surface area contributed by atoms with Crippen molar-refractivity contribution in [2.45, 2.75) is 38.8 Å². The zero-order valence-electron chi connectivity index (χ0n) is 10.9. The number of hydrogen-bond donors (Lipinski definition) is 2. The van der Waals surface area contributed by atoms with Crippen molar-refractivity contribution in [1.29, 1.82) is 0 Å². The number of carbonyl (C=O) groups is 1. The number of hydrogen-bond acceptors (Lipinski definition) is 3. The van der Waals surface area contributed by atoms with Gasteiger partial charge >= 0.3 is 6.09 Å². The summed E-state index contributed by atoms with van der Waals surface area (Å²) in [6.07, 6.45) is 2.46. The zero-order chi connectivity index (χ0) is 13.2. The van der Waals surface area contributed by atoms with E-state index in [1.807, 2.05) is 30.3 Å². The van der Waals surface area contributed by atoms with Crippen molar-refractivity contribution in [2.75, 3.05) is 6.54 Å². The Morgan fingerprint density at radius 3 is 2.72 bits per heavy atom. The summed E-state index contributed by atoms with van der Waals surface area (Å²) in [6, 6.07) is 9.76. The van der Waals surface area contributed by atoms with E-state index in [1.165, 1.54) is 0 Å². The minimum Gasteiger partial charge on any atom is -0.445 e. The van der Waals surface area contributed by atoms with E-state index in [2.05, 4.69) is 12.2 Å². The van der Waals surface area contributed by atoms with Crippen LogP contribution in [0.5, 0.6) is 0 Å². The molecule has 4 heteroatoms. The fourth-order valence-corrected chi connectivity index (χ4v) is 1.65. The molecule has 18 heavy (non-hydrogen) atoms. The van der Waals surface area contributed by atoms with Crippen molar-refractivity contribution in [2.24, 2.45) is 5.73 Å². The lowest BCUT2D eigenvalue weighted by atomic mass is 10.1. The summed E-state index contributed by atoms with van der Waals surface area (Å²) in [6.45, 7) is 2.96. The lowest BCUT2D eigenvalue weighted by Crippen LogP contribution is -2.30. The molecule has 3 N–H and O–H groups in total. The number of amides is 1. The molecule has 0 heterocycles. The molecule has 1 amide bonds. The molecule has 100 valence electrons. The molecule has 0 spiro atoms. The summed E-state index contributed by atoms with van der Waals surface area (Å²) >= 11 is 0. The van der Waals surface area contributed by atoms with Crippen LogP contribution in [-0.4, -0.2) is 18.7 Å². The molecule has 0 fully saturated rings. The highest BCUT2D eigenvalue weighted by Crippen LogP contribution is 2.01. The van der Waals surface area contributed by atoms with Gasteiger partial charge in [0, 0.05) is 12.6 Å². The Morgan fingerprint density at radius 1 is 1.33 bits per heavy atom. The van der Waals surface area contributed by atoms with Crippen molar-refractivity contribution < 1.29 is 9.53 Å². The van der Waals surface area contributed by atoms with Crippen LogP contribution < -0.4 is 11.1 Å². The number of benzene rings is 1. The standard InChI is InChI=1S/C14H22N2O2/c1-2-6-13(15)9-10-16-14(17)18-11-12-7-4-3-5-8-12/h3-5,7-8,13H,2,6,9-11,15H2,1H3,(H,16,17). The van der Waals surface area contributed by atoms with E-state index in [1.54, 1.807) is 0 Å². The average Bonchev–Trinajstić information content (AvgIpc) is 2.38. The highest BCUT2D eigenvalue weighted by Gasteiger charge is 2.04. The van der Waals surface area contributed by atoms with Gasteiger partial charge in [0.1, 0.15) is 6.61 Å². The Labute approximate surface area is 109 Å². The predicted octanol–water partition coefficient (Wildman–Crippen LogP) is 2.43. The summed E-state index contributed by atoms with van der Waals surface area (Å²) in [5.41, 5.74) is 6.83. The van der Waals surface area contributed by atoms with Gasteiger partial charge < -0.3 is 15.8 Å². The van der Waals surface area contributed by atoms with Crippen LogP contribution in [0, 0.1) is 0 Å². The summed E-state index contributed by atoms with van der Waals surface area (Å²) in [4.78, 5) is 11.4. The molecule has 0 saturated carbocycles. The fourth-order valence-electron chi connectivity index (χ4n) is 1.65. The van der Waals surface area contributed by atoms with Gasteiger partial charge in [0.25, 0.3) is 0 Å². The summed E-state index contributed by atoms with van der Waals surface area (Å²) in [7, 11) is 0. The second-order valence-electron chi connectivity index (χ2n) is 4.33. The second kappa shape index (κ2) is 8.53. The van der Waals surface area contributed by atoms with E-state index in [9.17, 15) is 4.79 Å². The van der Waals surface area contributed by atoms with E-state index in [-0.39, 0.29) is 12.1 Å². The SMILES string of the molecule is CCCC(N)CCNC(=O)OCc1ccccc1. The third kappa shape index (κ3) is 6.25. The molecule has 0 aliphatic rings. The van der Waals surface area contributed by atoms with E-state index >= 15 is 0 Å². The smallest absolute Gasteiger partial charge is 0.407 e. The van der Waals surface area contributed by atoms with Crippen LogP contribution in [0.4, 0.5) is 4.79 Å². The van der Waals surface area contributed by atoms with Gasteiger partial charge in [0.15, 0.2) is 0 Å². The van der Waals surface area contributed by atoms with E-state index in [0.717, 1.165) is 24.8 Å². The van der Waals surface area contributed by atoms with Crippen LogP contribution in [0.3, 0.4) is 0 Å². The Kier molecular flexibility index (Phi) is 6.87. The van der Waals surface area contributed by atoms with E-state index in [4.69, 9.17) is 10.5 Å². The van der Waals surface area contributed by atoms with Crippen LogP contribution >= 0.6 is 0 Å². The number of carbonyl (C=O) groups excluding carboxylic acids is 1. The molecule has 0 saturated heterocycles. The van der Waals surface area contributed by atoms with Gasteiger partial charge in [-0.1, -0.05) is 43.7 Å². The summed E-state index contributed by atoms with van der Waals surface area (Å²) in [5, 5.41) is 2.70. The van der Waals surface area contributed by atoms with Crippen molar-refractivity contribution in [3.63, 3.8) is 0 Å². The van der Waals surface area contributed by atoms with Crippen LogP contribution in [0.2, 0.25) is 0 Å². The number of ether oxygens (including phenoxy) is 1. The quantitative estimate of drug-likeness (QED) is 0.781. The Balaban J connectivity index is 2.11. The van der Waals surface area contributed by atoms with Gasteiger partial charge in [-0.05, 0) is 18.4 Å². The van der Waals surface area contributed by atoms with Crippen molar-refractivity contribution in [3.8, 4) is 0 Å². The molecule has 0 radical (unpaired) electrons. The van der Waals surface area contributed by atoms with Gasteiger partial charge in [0.05, 0.1) is 0 Å². The lowest BCUT2D eigenvalue weighted by Gasteiger charge is -2.11. The first-order chi connectivity index (χ1) is 8.72. The normalized spacial score (nSPS) is 11.9. The van der Waals surface area contributed by atoms with Crippen molar-refractivity contribution >= 4 is 6.09 Å². The van der Waals surface area contributed by atoms with E-state index in [0.29, 0.717) is 13.2 Å². The number of rotatable bonds is 7. The molecular formula is C14H22N2O2. The maximum absolute atomic E-state index is 11.4. The molecule has 1 aromatic carbocycles. The molecule has 0 bridgehead atoms. The molecule has 4 nitrogen and oxygen atoms in total. The van der Waals surface area contributed by atoms with Gasteiger partial charge in [-0.2, -0.15) is 0 Å². The maximum Gasteiger partial charge on any atom is 0.407 e. The predicted molar refractivity (Wildman–Crippen MR) is 72.1 cm³/mol. The van der Waals surface area contributed by atoms with Gasteiger partial charge in [0.2, 0.25) is 0 Å². The molecule has 0 aliphatic carbocycles. The second-order valence-corrected chi connectivity index (χ2v) is 4.33. The first-order valence-corrected chi connectivity index (χ1v) is 6.42. The molecule has 1 atom stereocenters. The first kappa shape index (κ1) is 14.5. The minimum absolute atomic E-state index is 0.157. The van der Waals surface area contributed by atoms with Crippen LogP contribution in [-0.2, 0) is 11.3 Å². The van der Waals surface area contributed by atoms with Gasteiger partial charge in [-0.15, -0.1) is 0 Å². The highest BCUT2D eigenvalue weighted by molar-refractivity contribution is 5.67. The van der Waals surface area contributed by atoms with Crippen LogP contribution in [0.15, 0.2) is 30.3 Å². The number of nitrogens with one attached hydrogen (secondary N) is 1. The van der Waals surface area contributed by atoms with Crippen molar-refractivity contribution in [3.05, 3.63) is 35.9 Å². The Bertz CT molecular complexity index is 341. The summed E-state index contributed by atoms with van der Waals surface area (Å²) < 4.78 is 5.08. The molecule has 0 aliphatic heterocycles. The molecule has 1 rings (SSSR count). The molecule has 0 aromatic heterocycles. The lowest BCUT2D eigenvalue weighted by molar-refractivity contribution is 0.139. The average molecular weight is 250 g/mol. The van der Waals surface area contributed by atoms with E-state index < -0.39 is 0 Å². The monoisotopic (exact) mass is 250 g/mol. The van der Waals surface area contributed by atoms with Crippen molar-refractivity contribution in [1.82, 2.24) is 5.32 Å². The van der Waals surface area contributed by atoms with Gasteiger partial charge in [-0.25, -0.2) is 4.79 Å². The highest BCUT2D eigenvalue weighted by atomic mass is 16.5. The first-order valence-electron chi connectivity index (χ1n) is 6.42. The largest absolute Gasteiger partial charge is 0.445 e. The number of alkyl carbamates (subject to hydrolysis) is 1. The topological polar surface area (TPSA) is 64.3 Å². The molecule has 1 unspecified atom stereocenters. The molecular weight excluding hydrogens is 228 g/mol. The van der Waals surface area contributed by atoms with Crippen LogP contribution in [0.25, 0.3) is 0 Å². The number of nitrogens with two attached hydrogens (primary N) is 1. The Hall–Kier alpha value is -1.55. The summed E-state index contributed by atoms with van der Waals surface area (Å²) in [5.74, 6) is 0. The fraction of sp³-hybridized carbons (Fsp3) is 0.500. The molecule has 1 aromatic rings. The zero-order valence-corrected chi connectivity index (χ0v) is 10.9. The minimum atomic E-state index is -0.387. The third-order valence-corrected chi connectivity index (χ3v) is 2.66. The van der Waals surface area contributed by atoms with Gasteiger partial charge in [-0.3, -0.25) is 0 Å². The Morgan fingerprint density at radius 2 is 2.06 bits per heavy atom. The maximum atomic E-state index is 11.4. The van der Waals surface area contributed by atoms with Crippen LogP contribution in [0.1, 0.15) is 31.7 Å².